The van der Waals surface area contributed by atoms with Gasteiger partial charge in [-0.1, -0.05) is 34.1 Å². The van der Waals surface area contributed by atoms with Crippen LogP contribution in [0.3, 0.4) is 0 Å². The largest absolute Gasteiger partial charge is 0.458 e. The Bertz CT molecular complexity index is 855. The van der Waals surface area contributed by atoms with Gasteiger partial charge in [0.05, 0.1) is 10.7 Å². The zero-order chi connectivity index (χ0) is 23.5. The fourth-order valence-corrected chi connectivity index (χ4v) is 5.77. The lowest BCUT2D eigenvalue weighted by atomic mass is 9.70. The smallest absolute Gasteiger partial charge is 0.306 e. The number of hydrogen-bond acceptors (Lipinski definition) is 6. The molecule has 6 heteroatoms. The van der Waals surface area contributed by atoms with Gasteiger partial charge in [-0.2, -0.15) is 0 Å². The molecular weight excluding hydrogens is 420 g/mol. The second-order valence-electron chi connectivity index (χ2n) is 11.2. The Morgan fingerprint density at radius 2 is 1.94 bits per heavy atom. The number of aryl methyl sites for hydroxylation is 1. The lowest BCUT2D eigenvalue weighted by Crippen LogP contribution is -2.31. The first-order chi connectivity index (χ1) is 14.9. The fraction of sp³-hybridized carbons (Fsp3) is 0.731. The van der Waals surface area contributed by atoms with Gasteiger partial charge in [-0.3, -0.25) is 9.59 Å². The molecule has 0 bridgehead atoms. The minimum Gasteiger partial charge on any atom is -0.458 e. The molecule has 0 aliphatic carbocycles. The lowest BCUT2D eigenvalue weighted by Gasteiger charge is -2.34. The van der Waals surface area contributed by atoms with Gasteiger partial charge in [0.15, 0.2) is 0 Å². The van der Waals surface area contributed by atoms with Gasteiger partial charge in [0, 0.05) is 42.1 Å². The molecule has 3 atom stereocenters. The van der Waals surface area contributed by atoms with E-state index in [4.69, 9.17) is 4.74 Å². The summed E-state index contributed by atoms with van der Waals surface area (Å²) in [5.41, 5.74) is 1.71. The number of carbonyl (C=O) groups is 2. The maximum Gasteiger partial charge on any atom is 0.306 e. The van der Waals surface area contributed by atoms with Crippen molar-refractivity contribution in [3.63, 3.8) is 0 Å². The molecule has 32 heavy (non-hydrogen) atoms. The van der Waals surface area contributed by atoms with E-state index in [0.717, 1.165) is 48.4 Å². The Morgan fingerprint density at radius 1 is 1.19 bits per heavy atom. The molecule has 0 spiro atoms. The molecule has 178 valence electrons. The fourth-order valence-electron chi connectivity index (χ4n) is 5.20. The third kappa shape index (κ3) is 7.24. The van der Waals surface area contributed by atoms with Gasteiger partial charge in [-0.25, -0.2) is 4.98 Å². The van der Waals surface area contributed by atoms with Gasteiger partial charge in [0.25, 0.3) is 0 Å². The number of thiazole rings is 1. The molecule has 2 aliphatic heterocycles. The van der Waals surface area contributed by atoms with Crippen LogP contribution in [-0.2, 0) is 14.3 Å². The summed E-state index contributed by atoms with van der Waals surface area (Å²) in [4.78, 5) is 30.0. The molecule has 1 aromatic rings. The van der Waals surface area contributed by atoms with E-state index >= 15 is 0 Å². The predicted molar refractivity (Wildman–Crippen MR) is 131 cm³/mol. The number of rotatable bonds is 2. The summed E-state index contributed by atoms with van der Waals surface area (Å²) in [6.45, 7) is 12.7. The number of fused-ring (bicyclic) bond motifs is 1. The average Bonchev–Trinajstić information content (AvgIpc) is 3.27. The maximum absolute atomic E-state index is 12.9. The van der Waals surface area contributed by atoms with E-state index in [1.807, 2.05) is 25.3 Å². The summed E-state index contributed by atoms with van der Waals surface area (Å²) in [7, 11) is 0. The molecule has 2 saturated heterocycles. The number of nitrogens with one attached hydrogen (secondary N) is 1. The zero-order valence-electron chi connectivity index (χ0n) is 20.6. The summed E-state index contributed by atoms with van der Waals surface area (Å²) in [6.07, 6.45) is 8.09. The topological polar surface area (TPSA) is 78.2 Å². The van der Waals surface area contributed by atoms with E-state index in [9.17, 15) is 9.59 Å². The standard InChI is InChI=1S/C26H40N2O3S/c1-17(13-19-15-32-18(2)27-19)22-14-21-20(28-21)9-8-12-25(3,4)16-26(5,6)23(29)10-7-11-24(30)31-22/h13,15,20-22,28H,7-12,14,16H2,1-6H3/b17-13+. The average molecular weight is 461 g/mol. The molecular formula is C26H40N2O3S. The van der Waals surface area contributed by atoms with Crippen LogP contribution in [0.1, 0.15) is 96.7 Å². The zero-order valence-corrected chi connectivity index (χ0v) is 21.4. The van der Waals surface area contributed by atoms with Gasteiger partial charge in [-0.15, -0.1) is 11.3 Å². The van der Waals surface area contributed by atoms with Crippen LogP contribution in [-0.4, -0.2) is 34.9 Å². The van der Waals surface area contributed by atoms with Gasteiger partial charge in [0.2, 0.25) is 0 Å². The van der Waals surface area contributed by atoms with Crippen molar-refractivity contribution in [1.29, 1.82) is 0 Å². The van der Waals surface area contributed by atoms with Gasteiger partial charge in [-0.05, 0) is 56.6 Å². The molecule has 5 nitrogen and oxygen atoms in total. The number of nitrogens with zero attached hydrogens (tertiary/aromatic N) is 1. The van der Waals surface area contributed by atoms with E-state index in [0.29, 0.717) is 24.9 Å². The molecule has 0 saturated carbocycles. The van der Waals surface area contributed by atoms with Crippen LogP contribution in [0.4, 0.5) is 0 Å². The highest BCUT2D eigenvalue weighted by molar-refractivity contribution is 7.09. The third-order valence-corrected chi connectivity index (χ3v) is 7.69. The van der Waals surface area contributed by atoms with Gasteiger partial charge in [0.1, 0.15) is 11.9 Å². The lowest BCUT2D eigenvalue weighted by molar-refractivity contribution is -0.147. The van der Waals surface area contributed by atoms with E-state index in [1.165, 1.54) is 0 Å². The predicted octanol–water partition coefficient (Wildman–Crippen LogP) is 5.86. The normalized spacial score (nSPS) is 29.8. The second kappa shape index (κ2) is 10.2. The SMILES string of the molecule is C/C(=C\c1csc(C)n1)C1CC2NC2CCCC(C)(C)CC(C)(C)C(=O)CCCC(=O)O1. The number of esters is 1. The quantitative estimate of drug-likeness (QED) is 0.441. The van der Waals surface area contributed by atoms with Crippen LogP contribution < -0.4 is 5.32 Å². The van der Waals surface area contributed by atoms with Gasteiger partial charge >= 0.3 is 5.97 Å². The van der Waals surface area contributed by atoms with Crippen LogP contribution in [0, 0.1) is 17.8 Å². The summed E-state index contributed by atoms with van der Waals surface area (Å²) >= 11 is 1.62. The summed E-state index contributed by atoms with van der Waals surface area (Å²) in [5, 5.41) is 6.65. The number of Topliss-reactive ketones (excluding diaryl/α,β-unsaturated/α-hetero) is 1. The van der Waals surface area contributed by atoms with E-state index in [1.54, 1.807) is 11.3 Å². The van der Waals surface area contributed by atoms with Crippen LogP contribution in [0.15, 0.2) is 11.0 Å². The highest BCUT2D eigenvalue weighted by atomic mass is 32.1. The Labute approximate surface area is 197 Å². The number of cyclic esters (lactones) is 1. The Morgan fingerprint density at radius 3 is 2.62 bits per heavy atom. The molecule has 3 heterocycles. The Hall–Kier alpha value is -1.53. The molecule has 2 aliphatic rings. The third-order valence-electron chi connectivity index (χ3n) is 6.90. The number of ether oxygens (including phenoxy) is 1. The molecule has 0 aromatic carbocycles. The van der Waals surface area contributed by atoms with E-state index in [2.05, 4.69) is 38.0 Å². The van der Waals surface area contributed by atoms with Crippen molar-refractivity contribution in [2.75, 3.05) is 0 Å². The van der Waals surface area contributed by atoms with Gasteiger partial charge < -0.3 is 10.1 Å². The van der Waals surface area contributed by atoms with E-state index < -0.39 is 0 Å². The monoisotopic (exact) mass is 460 g/mol. The van der Waals surface area contributed by atoms with Crippen molar-refractivity contribution in [1.82, 2.24) is 10.3 Å². The molecule has 0 radical (unpaired) electrons. The molecule has 1 aromatic heterocycles. The highest BCUT2D eigenvalue weighted by Gasteiger charge is 2.40. The van der Waals surface area contributed by atoms with E-state index in [-0.39, 0.29) is 35.1 Å². The first-order valence-corrected chi connectivity index (χ1v) is 12.9. The summed E-state index contributed by atoms with van der Waals surface area (Å²) in [6, 6.07) is 0.881. The van der Waals surface area contributed by atoms with Crippen molar-refractivity contribution >= 4 is 29.2 Å². The number of carbonyl (C=O) groups excluding carboxylic acids is 2. The van der Waals surface area contributed by atoms with Crippen LogP contribution in [0.2, 0.25) is 0 Å². The van der Waals surface area contributed by atoms with Crippen molar-refractivity contribution in [3.8, 4) is 0 Å². The Balaban J connectivity index is 1.72. The van der Waals surface area contributed by atoms with Crippen molar-refractivity contribution in [2.24, 2.45) is 10.8 Å². The molecule has 1 N–H and O–H groups in total. The summed E-state index contributed by atoms with van der Waals surface area (Å²) in [5.74, 6) is 0.0355. The Kier molecular flexibility index (Phi) is 7.97. The first-order valence-electron chi connectivity index (χ1n) is 12.0. The number of hydrogen-bond donors (Lipinski definition) is 1. The second-order valence-corrected chi connectivity index (χ2v) is 12.2. The van der Waals surface area contributed by atoms with Crippen LogP contribution in [0.25, 0.3) is 6.08 Å². The van der Waals surface area contributed by atoms with Crippen molar-refractivity contribution < 1.29 is 14.3 Å². The number of ketones is 1. The van der Waals surface area contributed by atoms with Crippen molar-refractivity contribution in [2.45, 2.75) is 111 Å². The minimum absolute atomic E-state index is 0.132. The van der Waals surface area contributed by atoms with Crippen molar-refractivity contribution in [3.05, 3.63) is 21.7 Å². The van der Waals surface area contributed by atoms with Crippen LogP contribution >= 0.6 is 11.3 Å². The molecule has 0 amide bonds. The molecule has 2 fully saturated rings. The van der Waals surface area contributed by atoms with Crippen LogP contribution in [0.5, 0.6) is 0 Å². The first kappa shape index (κ1) is 25.1. The number of aromatic nitrogens is 1. The minimum atomic E-state index is -0.363. The summed E-state index contributed by atoms with van der Waals surface area (Å²) < 4.78 is 5.93. The molecule has 3 rings (SSSR count). The maximum atomic E-state index is 12.9. The highest BCUT2D eigenvalue weighted by Crippen LogP contribution is 2.39. The molecule has 3 unspecified atom stereocenters.